The molecule has 2 aromatic rings. The zero-order chi connectivity index (χ0) is 18.0. The van der Waals surface area contributed by atoms with Crippen LogP contribution in [0.15, 0.2) is 27.4 Å². The number of likely N-dealkylation sites (N-methyl/N-ethyl adjacent to an activating group) is 1. The number of carbonyl (C=O) groups excluding carboxylic acids is 2. The molecule has 0 aliphatic carbocycles. The Kier molecular flexibility index (Phi) is 5.36. The number of nitrogens with zero attached hydrogens (tertiary/aromatic N) is 2. The highest BCUT2D eigenvalue weighted by Crippen LogP contribution is 2.21. The van der Waals surface area contributed by atoms with Crippen molar-refractivity contribution in [3.63, 3.8) is 0 Å². The summed E-state index contributed by atoms with van der Waals surface area (Å²) in [6.07, 6.45) is 0.686. The van der Waals surface area contributed by atoms with E-state index in [-0.39, 0.29) is 22.5 Å². The van der Waals surface area contributed by atoms with Gasteiger partial charge >= 0.3 is 0 Å². The number of piperazine rings is 1. The number of benzene rings is 1. The molecule has 1 aliphatic heterocycles. The van der Waals surface area contributed by atoms with Crippen LogP contribution >= 0.6 is 11.9 Å². The molecule has 0 bridgehead atoms. The van der Waals surface area contributed by atoms with Crippen LogP contribution in [0, 0.1) is 6.92 Å². The lowest BCUT2D eigenvalue weighted by Crippen LogP contribution is -2.41. The van der Waals surface area contributed by atoms with Crippen LogP contribution in [0.1, 0.15) is 21.7 Å². The van der Waals surface area contributed by atoms with Crippen molar-refractivity contribution in [3.8, 4) is 0 Å². The lowest BCUT2D eigenvalue weighted by molar-refractivity contribution is -0.110. The van der Waals surface area contributed by atoms with Crippen LogP contribution in [0.5, 0.6) is 0 Å². The van der Waals surface area contributed by atoms with Gasteiger partial charge in [0.2, 0.25) is 5.12 Å². The van der Waals surface area contributed by atoms with Gasteiger partial charge in [-0.05, 0) is 38.1 Å². The molecule has 0 spiro atoms. The van der Waals surface area contributed by atoms with Crippen molar-refractivity contribution in [1.29, 1.82) is 0 Å². The Balaban J connectivity index is 1.83. The van der Waals surface area contributed by atoms with E-state index >= 15 is 0 Å². The second-order valence-electron chi connectivity index (χ2n) is 6.18. The zero-order valence-corrected chi connectivity index (χ0v) is 15.1. The lowest BCUT2D eigenvalue weighted by atomic mass is 10.1. The molecule has 0 amide bonds. The first-order valence-corrected chi connectivity index (χ1v) is 8.91. The Morgan fingerprint density at radius 1 is 1.28 bits per heavy atom. The predicted molar refractivity (Wildman–Crippen MR) is 98.0 cm³/mol. The van der Waals surface area contributed by atoms with E-state index in [1.54, 1.807) is 25.1 Å². The van der Waals surface area contributed by atoms with Gasteiger partial charge in [0.15, 0.2) is 11.7 Å². The highest BCUT2D eigenvalue weighted by atomic mass is 32.2. The Hall–Kier alpha value is -1.96. The molecule has 25 heavy (non-hydrogen) atoms. The second kappa shape index (κ2) is 7.51. The number of carbonyl (C=O) groups is 2. The number of para-hydroxylation sites is 1. The molecule has 1 aliphatic rings. The first-order chi connectivity index (χ1) is 12.0. The molecule has 132 valence electrons. The van der Waals surface area contributed by atoms with Crippen molar-refractivity contribution in [2.45, 2.75) is 13.3 Å². The van der Waals surface area contributed by atoms with Gasteiger partial charge in [0.05, 0.1) is 17.4 Å². The van der Waals surface area contributed by atoms with E-state index in [0.717, 1.165) is 26.2 Å². The van der Waals surface area contributed by atoms with Gasteiger partial charge in [-0.2, -0.15) is 0 Å². The monoisotopic (exact) mass is 360 g/mol. The summed E-state index contributed by atoms with van der Waals surface area (Å²) in [7, 11) is 2.06. The summed E-state index contributed by atoms with van der Waals surface area (Å²) in [5.41, 5.74) is 0.738. The van der Waals surface area contributed by atoms with E-state index in [1.165, 1.54) is 11.9 Å². The largest absolute Gasteiger partial charge is 0.460 e. The van der Waals surface area contributed by atoms with Crippen LogP contribution < -0.4 is 5.43 Å². The molecule has 0 unspecified atom stereocenters. The molecule has 3 rings (SSSR count). The van der Waals surface area contributed by atoms with Crippen LogP contribution in [-0.4, -0.2) is 53.8 Å². The Labute approximate surface area is 149 Å². The van der Waals surface area contributed by atoms with Crippen molar-refractivity contribution in [2.75, 3.05) is 33.2 Å². The number of rotatable bonds is 4. The number of aldehydes is 1. The Morgan fingerprint density at radius 2 is 2.00 bits per heavy atom. The van der Waals surface area contributed by atoms with Gasteiger partial charge in [0.25, 0.3) is 0 Å². The van der Waals surface area contributed by atoms with Crippen LogP contribution in [0.25, 0.3) is 11.0 Å². The molecule has 1 aromatic heterocycles. The second-order valence-corrected chi connectivity index (χ2v) is 7.33. The molecule has 1 saturated heterocycles. The van der Waals surface area contributed by atoms with Gasteiger partial charge in [-0.1, -0.05) is 6.07 Å². The minimum atomic E-state index is -0.241. The fraction of sp³-hybridized carbons (Fsp3) is 0.389. The van der Waals surface area contributed by atoms with Crippen molar-refractivity contribution in [2.24, 2.45) is 0 Å². The average Bonchev–Trinajstić information content (AvgIpc) is 2.60. The molecular formula is C18H20N2O4S. The van der Waals surface area contributed by atoms with Gasteiger partial charge in [-0.25, -0.2) is 4.31 Å². The summed E-state index contributed by atoms with van der Waals surface area (Å²) >= 11 is 1.18. The van der Waals surface area contributed by atoms with E-state index in [9.17, 15) is 14.4 Å². The summed E-state index contributed by atoms with van der Waals surface area (Å²) in [4.78, 5) is 38.5. The molecule has 1 fully saturated rings. The summed E-state index contributed by atoms with van der Waals surface area (Å²) in [5, 5.41) is 0.258. The van der Waals surface area contributed by atoms with Crippen LogP contribution in [-0.2, 0) is 11.2 Å². The highest BCUT2D eigenvalue weighted by molar-refractivity contribution is 8.11. The third-order valence-corrected chi connectivity index (χ3v) is 5.36. The number of hydrogen-bond acceptors (Lipinski definition) is 7. The predicted octanol–water partition coefficient (Wildman–Crippen LogP) is 1.88. The fourth-order valence-corrected chi connectivity index (χ4v) is 3.73. The number of hydrogen-bond donors (Lipinski definition) is 0. The third kappa shape index (κ3) is 3.84. The van der Waals surface area contributed by atoms with E-state index in [0.29, 0.717) is 28.6 Å². The van der Waals surface area contributed by atoms with Crippen LogP contribution in [0.4, 0.5) is 0 Å². The SMILES string of the molecule is Cc1oc2c(C=O)cccc2c(=O)c1CC(=O)SN1CCN(C)CC1. The highest BCUT2D eigenvalue weighted by Gasteiger charge is 2.21. The minimum Gasteiger partial charge on any atom is -0.460 e. The van der Waals surface area contributed by atoms with E-state index in [1.807, 2.05) is 4.31 Å². The zero-order valence-electron chi connectivity index (χ0n) is 14.3. The van der Waals surface area contributed by atoms with Crippen molar-refractivity contribution >= 4 is 34.3 Å². The van der Waals surface area contributed by atoms with Crippen molar-refractivity contribution in [1.82, 2.24) is 9.21 Å². The van der Waals surface area contributed by atoms with E-state index in [4.69, 9.17) is 4.42 Å². The molecule has 0 saturated carbocycles. The molecule has 6 nitrogen and oxygen atoms in total. The number of fused-ring (bicyclic) bond motifs is 1. The van der Waals surface area contributed by atoms with Crippen molar-refractivity contribution in [3.05, 3.63) is 45.3 Å². The quantitative estimate of drug-likeness (QED) is 0.609. The lowest BCUT2D eigenvalue weighted by Gasteiger charge is -2.30. The molecule has 1 aromatic carbocycles. The van der Waals surface area contributed by atoms with Gasteiger partial charge in [-0.3, -0.25) is 14.4 Å². The number of aryl methyl sites for hydroxylation is 1. The average molecular weight is 360 g/mol. The first-order valence-electron chi connectivity index (χ1n) is 8.14. The van der Waals surface area contributed by atoms with Gasteiger partial charge in [0, 0.05) is 31.7 Å². The van der Waals surface area contributed by atoms with Gasteiger partial charge < -0.3 is 9.32 Å². The molecule has 0 N–H and O–H groups in total. The standard InChI is InChI=1S/C18H20N2O4S/c1-12-15(10-16(22)25-20-8-6-19(2)7-9-20)17(23)14-5-3-4-13(11-21)18(14)24-12/h3-5,11H,6-10H2,1-2H3. The normalized spacial score (nSPS) is 16.2. The minimum absolute atomic E-state index is 0.0203. The third-order valence-electron chi connectivity index (χ3n) is 4.39. The first kappa shape index (κ1) is 17.8. The maximum atomic E-state index is 12.7. The van der Waals surface area contributed by atoms with Gasteiger partial charge in [0.1, 0.15) is 11.3 Å². The summed E-state index contributed by atoms with van der Waals surface area (Å²) in [5.74, 6) is 0.388. The maximum absolute atomic E-state index is 12.7. The topological polar surface area (TPSA) is 70.8 Å². The van der Waals surface area contributed by atoms with E-state index < -0.39 is 0 Å². The molecule has 0 atom stereocenters. The van der Waals surface area contributed by atoms with Gasteiger partial charge in [-0.15, -0.1) is 0 Å². The molecule has 0 radical (unpaired) electrons. The van der Waals surface area contributed by atoms with E-state index in [2.05, 4.69) is 11.9 Å². The summed E-state index contributed by atoms with van der Waals surface area (Å²) < 4.78 is 7.72. The molecule has 2 heterocycles. The fourth-order valence-electron chi connectivity index (χ4n) is 2.88. The summed E-state index contributed by atoms with van der Waals surface area (Å²) in [6, 6.07) is 4.86. The Bertz CT molecular complexity index is 869. The molecule has 7 heteroatoms. The molecular weight excluding hydrogens is 340 g/mol. The summed E-state index contributed by atoms with van der Waals surface area (Å²) in [6.45, 7) is 5.14. The van der Waals surface area contributed by atoms with Crippen LogP contribution in [0.2, 0.25) is 0 Å². The van der Waals surface area contributed by atoms with Crippen LogP contribution in [0.3, 0.4) is 0 Å². The maximum Gasteiger partial charge on any atom is 0.208 e. The smallest absolute Gasteiger partial charge is 0.208 e. The Morgan fingerprint density at radius 3 is 2.68 bits per heavy atom. The van der Waals surface area contributed by atoms with Crippen molar-refractivity contribution < 1.29 is 14.0 Å².